The zero-order valence-electron chi connectivity index (χ0n) is 23.8. The molecule has 2 amide bonds. The molecule has 11 heteroatoms. The molecule has 3 aromatic rings. The molecule has 1 atom stereocenters. The van der Waals surface area contributed by atoms with Crippen molar-refractivity contribution in [1.29, 1.82) is 0 Å². The fourth-order valence-corrected chi connectivity index (χ4v) is 5.73. The van der Waals surface area contributed by atoms with Gasteiger partial charge < -0.3 is 19.7 Å². The minimum atomic E-state index is -3.69. The van der Waals surface area contributed by atoms with E-state index in [1.807, 2.05) is 37.3 Å². The summed E-state index contributed by atoms with van der Waals surface area (Å²) in [7, 11) is -3.69. The van der Waals surface area contributed by atoms with Gasteiger partial charge in [0.1, 0.15) is 11.9 Å². The summed E-state index contributed by atoms with van der Waals surface area (Å²) in [5, 5.41) is 2.89. The molecular formula is C31H36FN3O6S. The predicted molar refractivity (Wildman–Crippen MR) is 158 cm³/mol. The molecular weight excluding hydrogens is 561 g/mol. The van der Waals surface area contributed by atoms with Crippen molar-refractivity contribution < 1.29 is 31.9 Å². The van der Waals surface area contributed by atoms with Crippen LogP contribution < -0.4 is 19.1 Å². The maximum absolute atomic E-state index is 14.7. The first-order chi connectivity index (χ1) is 20.2. The fraction of sp³-hybridized carbons (Fsp3) is 0.355. The number of nitrogens with zero attached hydrogens (tertiary/aromatic N) is 2. The molecule has 0 aliphatic carbocycles. The maximum atomic E-state index is 14.7. The number of hydrogen-bond donors (Lipinski definition) is 1. The van der Waals surface area contributed by atoms with Crippen molar-refractivity contribution in [2.45, 2.75) is 45.2 Å². The summed E-state index contributed by atoms with van der Waals surface area (Å²) in [4.78, 5) is 28.6. The minimum absolute atomic E-state index is 0.0170. The number of amides is 2. The third-order valence-corrected chi connectivity index (χ3v) is 8.11. The molecule has 1 N–H and O–H groups in total. The fourth-order valence-electron chi connectivity index (χ4n) is 4.77. The maximum Gasteiger partial charge on any atom is 0.243 e. The van der Waals surface area contributed by atoms with E-state index in [1.54, 1.807) is 36.4 Å². The lowest BCUT2D eigenvalue weighted by Crippen LogP contribution is -2.50. The van der Waals surface area contributed by atoms with Crippen molar-refractivity contribution in [3.05, 3.63) is 89.7 Å². The molecule has 0 saturated carbocycles. The number of nitrogens with one attached hydrogen (secondary N) is 1. The van der Waals surface area contributed by atoms with Gasteiger partial charge in [-0.15, -0.1) is 0 Å². The molecule has 4 rings (SSSR count). The van der Waals surface area contributed by atoms with E-state index in [0.29, 0.717) is 30.2 Å². The second-order valence-electron chi connectivity index (χ2n) is 10.1. The Morgan fingerprint density at radius 1 is 1.00 bits per heavy atom. The third-order valence-electron chi connectivity index (χ3n) is 6.92. The Hall–Kier alpha value is -4.12. The summed E-state index contributed by atoms with van der Waals surface area (Å²) in [5.74, 6) is -0.227. The largest absolute Gasteiger partial charge is 0.454 e. The average Bonchev–Trinajstić information content (AvgIpc) is 3.44. The van der Waals surface area contributed by atoms with Crippen molar-refractivity contribution in [2.24, 2.45) is 0 Å². The summed E-state index contributed by atoms with van der Waals surface area (Å²) in [6, 6.07) is 19.4. The summed E-state index contributed by atoms with van der Waals surface area (Å²) >= 11 is 0. The summed E-state index contributed by atoms with van der Waals surface area (Å²) < 4.78 is 52.0. The first-order valence-electron chi connectivity index (χ1n) is 13.9. The lowest BCUT2D eigenvalue weighted by atomic mass is 10.0. The molecule has 0 fully saturated rings. The number of carbonyl (C=O) groups is 2. The molecule has 9 nitrogen and oxygen atoms in total. The lowest BCUT2D eigenvalue weighted by molar-refractivity contribution is -0.141. The molecule has 0 spiro atoms. The first kappa shape index (κ1) is 30.8. The van der Waals surface area contributed by atoms with Gasteiger partial charge in [0, 0.05) is 44.1 Å². The number of benzene rings is 3. The van der Waals surface area contributed by atoms with Gasteiger partial charge in [0.05, 0.1) is 11.9 Å². The number of carbonyl (C=O) groups excluding carboxylic acids is 2. The highest BCUT2D eigenvalue weighted by molar-refractivity contribution is 7.92. The van der Waals surface area contributed by atoms with Gasteiger partial charge in [0.2, 0.25) is 28.6 Å². The van der Waals surface area contributed by atoms with Crippen LogP contribution in [-0.4, -0.2) is 57.3 Å². The second kappa shape index (κ2) is 14.2. The molecule has 0 saturated heterocycles. The van der Waals surface area contributed by atoms with E-state index >= 15 is 0 Å². The van der Waals surface area contributed by atoms with E-state index in [-0.39, 0.29) is 56.5 Å². The van der Waals surface area contributed by atoms with Crippen molar-refractivity contribution >= 4 is 27.5 Å². The molecule has 0 aromatic heterocycles. The number of halogens is 1. The summed E-state index contributed by atoms with van der Waals surface area (Å²) in [5.41, 5.74) is 1.52. The van der Waals surface area contributed by atoms with Crippen molar-refractivity contribution in [3.63, 3.8) is 0 Å². The van der Waals surface area contributed by atoms with Gasteiger partial charge in [-0.1, -0.05) is 55.5 Å². The Labute approximate surface area is 246 Å². The van der Waals surface area contributed by atoms with Crippen LogP contribution in [0.15, 0.2) is 72.8 Å². The van der Waals surface area contributed by atoms with Gasteiger partial charge in [-0.05, 0) is 36.6 Å². The third kappa shape index (κ3) is 8.00. The highest BCUT2D eigenvalue weighted by Crippen LogP contribution is 2.36. The number of sulfonamides is 1. The molecule has 224 valence electrons. The Balaban J connectivity index is 1.57. The SMILES string of the molecule is CCCNC(=O)[C@H](Cc1ccccc1)N(Cc1ccccc1F)C(=O)CCCN(c1ccc2c(c1)OCO2)S(C)(=O)=O. The summed E-state index contributed by atoms with van der Waals surface area (Å²) in [6.45, 7) is 2.33. The van der Waals surface area contributed by atoms with Gasteiger partial charge in [0.25, 0.3) is 0 Å². The number of hydrogen-bond acceptors (Lipinski definition) is 6. The van der Waals surface area contributed by atoms with Crippen LogP contribution in [0.5, 0.6) is 11.5 Å². The second-order valence-corrected chi connectivity index (χ2v) is 12.0. The Morgan fingerprint density at radius 3 is 2.43 bits per heavy atom. The van der Waals surface area contributed by atoms with E-state index in [1.165, 1.54) is 15.3 Å². The van der Waals surface area contributed by atoms with Gasteiger partial charge in [0.15, 0.2) is 11.5 Å². The predicted octanol–water partition coefficient (Wildman–Crippen LogP) is 4.27. The quantitative estimate of drug-likeness (QED) is 0.298. The zero-order valence-corrected chi connectivity index (χ0v) is 24.6. The van der Waals surface area contributed by atoms with Crippen LogP contribution in [0.1, 0.15) is 37.3 Å². The summed E-state index contributed by atoms with van der Waals surface area (Å²) in [6.07, 6.45) is 2.16. The molecule has 1 heterocycles. The van der Waals surface area contributed by atoms with E-state index in [9.17, 15) is 22.4 Å². The Morgan fingerprint density at radius 2 is 1.71 bits per heavy atom. The van der Waals surface area contributed by atoms with Gasteiger partial charge in [-0.25, -0.2) is 12.8 Å². The smallest absolute Gasteiger partial charge is 0.243 e. The number of ether oxygens (including phenoxy) is 2. The van der Waals surface area contributed by atoms with Crippen LogP contribution >= 0.6 is 0 Å². The monoisotopic (exact) mass is 597 g/mol. The Bertz CT molecular complexity index is 1480. The van der Waals surface area contributed by atoms with E-state index < -0.39 is 21.9 Å². The molecule has 0 bridgehead atoms. The van der Waals surface area contributed by atoms with Gasteiger partial charge in [-0.2, -0.15) is 0 Å². The number of rotatable bonds is 14. The van der Waals surface area contributed by atoms with Crippen molar-refractivity contribution in [1.82, 2.24) is 10.2 Å². The van der Waals surface area contributed by atoms with Crippen molar-refractivity contribution in [3.8, 4) is 11.5 Å². The van der Waals surface area contributed by atoms with Crippen LogP contribution in [0.2, 0.25) is 0 Å². The molecule has 42 heavy (non-hydrogen) atoms. The number of fused-ring (bicyclic) bond motifs is 1. The molecule has 1 aliphatic rings. The number of anilines is 1. The first-order valence-corrected chi connectivity index (χ1v) is 15.7. The standard InChI is InChI=1S/C31H36FN3O6S/c1-3-17-33-31(37)27(19-23-10-5-4-6-11-23)34(21-24-12-7-8-13-26(24)32)30(36)14-9-18-35(42(2,38)39)25-15-16-28-29(20-25)41-22-40-28/h4-8,10-13,15-16,20,27H,3,9,14,17-19,21-22H2,1-2H3,(H,33,37)/t27-/m0/s1. The topological polar surface area (TPSA) is 105 Å². The van der Waals surface area contributed by atoms with Gasteiger partial charge >= 0.3 is 0 Å². The minimum Gasteiger partial charge on any atom is -0.454 e. The Kier molecular flexibility index (Phi) is 10.4. The highest BCUT2D eigenvalue weighted by Gasteiger charge is 2.31. The van der Waals surface area contributed by atoms with Crippen LogP contribution in [0.4, 0.5) is 10.1 Å². The molecule has 3 aromatic carbocycles. The zero-order chi connectivity index (χ0) is 30.1. The molecule has 0 radical (unpaired) electrons. The normalized spacial score (nSPS) is 12.9. The van der Waals surface area contributed by atoms with Gasteiger partial charge in [-0.3, -0.25) is 13.9 Å². The van der Waals surface area contributed by atoms with E-state index in [4.69, 9.17) is 9.47 Å². The lowest BCUT2D eigenvalue weighted by Gasteiger charge is -2.32. The van der Waals surface area contributed by atoms with Crippen LogP contribution in [-0.2, 0) is 32.6 Å². The van der Waals surface area contributed by atoms with Crippen LogP contribution in [0.3, 0.4) is 0 Å². The van der Waals surface area contributed by atoms with E-state index in [0.717, 1.165) is 11.8 Å². The van der Waals surface area contributed by atoms with E-state index in [2.05, 4.69) is 5.32 Å². The van der Waals surface area contributed by atoms with Crippen LogP contribution in [0, 0.1) is 5.82 Å². The molecule has 0 unspecified atom stereocenters. The molecule has 1 aliphatic heterocycles. The highest BCUT2D eigenvalue weighted by atomic mass is 32.2. The van der Waals surface area contributed by atoms with Crippen molar-refractivity contribution in [2.75, 3.05) is 30.4 Å². The average molecular weight is 598 g/mol. The van der Waals surface area contributed by atoms with Crippen LogP contribution in [0.25, 0.3) is 0 Å².